The first-order valence-electron chi connectivity index (χ1n) is 11.2. The van der Waals surface area contributed by atoms with E-state index >= 15 is 0 Å². The summed E-state index contributed by atoms with van der Waals surface area (Å²) in [5, 5.41) is 8.72. The summed E-state index contributed by atoms with van der Waals surface area (Å²) in [5.41, 5.74) is 2.25. The SMILES string of the molecule is CCOC1(CC)CCC(c2nnc3n2-c2ccccc2CC2(OCCO2)C3Cl)CC1. The molecule has 1 aromatic carbocycles. The van der Waals surface area contributed by atoms with E-state index in [0.29, 0.717) is 25.6 Å². The number of halogens is 1. The van der Waals surface area contributed by atoms with Crippen molar-refractivity contribution in [2.45, 2.75) is 75.1 Å². The van der Waals surface area contributed by atoms with E-state index < -0.39 is 11.2 Å². The minimum Gasteiger partial charge on any atom is -0.375 e. The van der Waals surface area contributed by atoms with Gasteiger partial charge in [0.2, 0.25) is 0 Å². The van der Waals surface area contributed by atoms with Crippen molar-refractivity contribution in [3.05, 3.63) is 41.5 Å². The average Bonchev–Trinajstić information content (AvgIpc) is 3.40. The number of fused-ring (bicyclic) bond motifs is 3. The Morgan fingerprint density at radius 3 is 2.50 bits per heavy atom. The first-order chi connectivity index (χ1) is 14.6. The van der Waals surface area contributed by atoms with Gasteiger partial charge >= 0.3 is 0 Å². The number of ether oxygens (including phenoxy) is 3. The number of nitrogens with zero attached hydrogens (tertiary/aromatic N) is 3. The number of para-hydroxylation sites is 1. The number of hydrogen-bond acceptors (Lipinski definition) is 5. The fourth-order valence-corrected chi connectivity index (χ4v) is 5.79. The zero-order chi connectivity index (χ0) is 20.8. The predicted molar refractivity (Wildman–Crippen MR) is 114 cm³/mol. The molecule has 0 amide bonds. The van der Waals surface area contributed by atoms with Crippen LogP contribution in [0.2, 0.25) is 0 Å². The Kier molecular flexibility index (Phi) is 5.38. The Morgan fingerprint density at radius 1 is 1.10 bits per heavy atom. The van der Waals surface area contributed by atoms with E-state index in [9.17, 15) is 0 Å². The highest BCUT2D eigenvalue weighted by atomic mass is 35.5. The zero-order valence-corrected chi connectivity index (χ0v) is 18.5. The minimum absolute atomic E-state index is 0.00933. The average molecular weight is 432 g/mol. The van der Waals surface area contributed by atoms with Crippen molar-refractivity contribution >= 4 is 11.6 Å². The lowest BCUT2D eigenvalue weighted by molar-refractivity contribution is -0.159. The van der Waals surface area contributed by atoms with Gasteiger partial charge in [-0.15, -0.1) is 21.8 Å². The molecule has 1 aliphatic carbocycles. The van der Waals surface area contributed by atoms with Crippen molar-refractivity contribution in [3.63, 3.8) is 0 Å². The molecule has 1 spiro atoms. The molecule has 2 fully saturated rings. The molecule has 162 valence electrons. The molecule has 2 aliphatic heterocycles. The van der Waals surface area contributed by atoms with Crippen LogP contribution < -0.4 is 0 Å². The maximum absolute atomic E-state index is 6.97. The van der Waals surface area contributed by atoms with Gasteiger partial charge in [0.1, 0.15) is 11.2 Å². The summed E-state index contributed by atoms with van der Waals surface area (Å²) in [6.07, 6.45) is 5.83. The van der Waals surface area contributed by atoms with E-state index in [-0.39, 0.29) is 5.60 Å². The zero-order valence-electron chi connectivity index (χ0n) is 17.8. The summed E-state index contributed by atoms with van der Waals surface area (Å²) in [6, 6.07) is 8.37. The molecule has 2 aromatic rings. The molecule has 3 aliphatic rings. The maximum atomic E-state index is 6.97. The van der Waals surface area contributed by atoms with Gasteiger partial charge in [-0.3, -0.25) is 4.57 Å². The van der Waals surface area contributed by atoms with Gasteiger partial charge in [-0.1, -0.05) is 25.1 Å². The summed E-state index contributed by atoms with van der Waals surface area (Å²) in [7, 11) is 0. The van der Waals surface area contributed by atoms with E-state index in [0.717, 1.165) is 61.6 Å². The quantitative estimate of drug-likeness (QED) is 0.657. The summed E-state index contributed by atoms with van der Waals surface area (Å²) in [4.78, 5) is 0. The van der Waals surface area contributed by atoms with Crippen LogP contribution in [0.4, 0.5) is 0 Å². The third-order valence-corrected chi connectivity index (χ3v) is 7.66. The highest BCUT2D eigenvalue weighted by Crippen LogP contribution is 2.47. The third kappa shape index (κ3) is 3.20. The highest BCUT2D eigenvalue weighted by molar-refractivity contribution is 6.21. The molecular formula is C23H30ClN3O3. The maximum Gasteiger partial charge on any atom is 0.196 e. The molecule has 0 bridgehead atoms. The number of benzene rings is 1. The number of alkyl halides is 1. The van der Waals surface area contributed by atoms with Gasteiger partial charge in [0.15, 0.2) is 11.6 Å². The predicted octanol–water partition coefficient (Wildman–Crippen LogP) is 4.69. The van der Waals surface area contributed by atoms with E-state index in [1.807, 2.05) is 0 Å². The van der Waals surface area contributed by atoms with Crippen molar-refractivity contribution in [3.8, 4) is 5.69 Å². The van der Waals surface area contributed by atoms with Gasteiger partial charge in [-0.05, 0) is 50.7 Å². The van der Waals surface area contributed by atoms with Crippen molar-refractivity contribution in [1.82, 2.24) is 14.8 Å². The number of rotatable bonds is 4. The highest BCUT2D eigenvalue weighted by Gasteiger charge is 2.50. The lowest BCUT2D eigenvalue weighted by Crippen LogP contribution is -2.37. The summed E-state index contributed by atoms with van der Waals surface area (Å²) in [6.45, 7) is 6.18. The Hall–Kier alpha value is -1.47. The van der Waals surface area contributed by atoms with Crippen molar-refractivity contribution in [2.75, 3.05) is 19.8 Å². The normalized spacial score (nSPS) is 30.1. The van der Waals surface area contributed by atoms with Crippen molar-refractivity contribution < 1.29 is 14.2 Å². The van der Waals surface area contributed by atoms with Gasteiger partial charge in [-0.2, -0.15) is 0 Å². The van der Waals surface area contributed by atoms with E-state index in [1.165, 1.54) is 0 Å². The molecular weight excluding hydrogens is 402 g/mol. The van der Waals surface area contributed by atoms with Gasteiger partial charge in [0, 0.05) is 18.9 Å². The second kappa shape index (κ2) is 7.90. The second-order valence-electron chi connectivity index (χ2n) is 8.67. The second-order valence-corrected chi connectivity index (χ2v) is 9.11. The first-order valence-corrected chi connectivity index (χ1v) is 11.6. The van der Waals surface area contributed by atoms with Crippen LogP contribution in [-0.4, -0.2) is 46.0 Å². The molecule has 1 saturated heterocycles. The molecule has 3 heterocycles. The molecule has 0 N–H and O–H groups in total. The van der Waals surface area contributed by atoms with Gasteiger partial charge in [0.25, 0.3) is 0 Å². The van der Waals surface area contributed by atoms with E-state index in [4.69, 9.17) is 25.8 Å². The molecule has 6 nitrogen and oxygen atoms in total. The van der Waals surface area contributed by atoms with Gasteiger partial charge < -0.3 is 14.2 Å². The van der Waals surface area contributed by atoms with E-state index in [1.54, 1.807) is 0 Å². The number of hydrogen-bond donors (Lipinski definition) is 0. The topological polar surface area (TPSA) is 58.4 Å². The molecule has 1 unspecified atom stereocenters. The van der Waals surface area contributed by atoms with Crippen LogP contribution in [0.25, 0.3) is 5.69 Å². The lowest BCUT2D eigenvalue weighted by atomic mass is 9.77. The fourth-order valence-electron chi connectivity index (χ4n) is 5.44. The van der Waals surface area contributed by atoms with Gasteiger partial charge in [0.05, 0.1) is 24.5 Å². The van der Waals surface area contributed by atoms with Crippen LogP contribution in [0.15, 0.2) is 24.3 Å². The number of aromatic nitrogens is 3. The van der Waals surface area contributed by atoms with Crippen LogP contribution in [0.1, 0.15) is 74.5 Å². The molecule has 7 heteroatoms. The molecule has 1 aromatic heterocycles. The van der Waals surface area contributed by atoms with Crippen LogP contribution in [0, 0.1) is 0 Å². The molecule has 30 heavy (non-hydrogen) atoms. The Labute approximate surface area is 182 Å². The summed E-state index contributed by atoms with van der Waals surface area (Å²) >= 11 is 6.97. The molecule has 5 rings (SSSR count). The van der Waals surface area contributed by atoms with Crippen LogP contribution in [0.5, 0.6) is 0 Å². The standard InChI is InChI=1S/C23H30ClN3O3/c1-3-22(28-4-2)11-9-16(10-12-22)20-25-26-21-19(24)23(29-13-14-30-23)15-17-7-5-6-8-18(17)27(20)21/h5-8,16,19H,3-4,9-15H2,1-2H3. The van der Waals surface area contributed by atoms with Gasteiger partial charge in [-0.25, -0.2) is 0 Å². The Balaban J connectivity index is 1.53. The van der Waals surface area contributed by atoms with Crippen LogP contribution >= 0.6 is 11.6 Å². The molecule has 1 atom stereocenters. The largest absolute Gasteiger partial charge is 0.375 e. The smallest absolute Gasteiger partial charge is 0.196 e. The van der Waals surface area contributed by atoms with Crippen molar-refractivity contribution in [2.24, 2.45) is 0 Å². The molecule has 1 saturated carbocycles. The Bertz CT molecular complexity index is 901. The minimum atomic E-state index is -0.880. The summed E-state index contributed by atoms with van der Waals surface area (Å²) in [5.74, 6) is 1.17. The van der Waals surface area contributed by atoms with Crippen LogP contribution in [-0.2, 0) is 20.6 Å². The Morgan fingerprint density at radius 2 is 1.80 bits per heavy atom. The first kappa shape index (κ1) is 20.4. The third-order valence-electron chi connectivity index (χ3n) is 7.13. The lowest BCUT2D eigenvalue weighted by Gasteiger charge is -2.39. The van der Waals surface area contributed by atoms with Crippen LogP contribution in [0.3, 0.4) is 0 Å². The van der Waals surface area contributed by atoms with E-state index in [2.05, 4.69) is 52.9 Å². The molecule has 0 radical (unpaired) electrons. The monoisotopic (exact) mass is 431 g/mol. The summed E-state index contributed by atoms with van der Waals surface area (Å²) < 4.78 is 20.5. The van der Waals surface area contributed by atoms with Crippen molar-refractivity contribution in [1.29, 1.82) is 0 Å². The fraction of sp³-hybridized carbons (Fsp3) is 0.652.